The maximum absolute atomic E-state index is 12.9. The number of carbonyl (C=O) groups excluding carboxylic acids is 1. The molecule has 2 aromatic carbocycles. The molecule has 0 unspecified atom stereocenters. The number of hydrogen-bond donors (Lipinski definition) is 1. The lowest BCUT2D eigenvalue weighted by molar-refractivity contribution is -0.116. The van der Waals surface area contributed by atoms with Gasteiger partial charge in [-0.05, 0) is 53.0 Å². The fourth-order valence-electron chi connectivity index (χ4n) is 1.82. The first-order chi connectivity index (χ1) is 9.54. The van der Waals surface area contributed by atoms with Crippen molar-refractivity contribution in [1.82, 2.24) is 0 Å². The Bertz CT molecular complexity index is 610. The van der Waals surface area contributed by atoms with Crippen molar-refractivity contribution in [1.29, 1.82) is 0 Å². The van der Waals surface area contributed by atoms with Crippen molar-refractivity contribution >= 4 is 27.5 Å². The van der Waals surface area contributed by atoms with E-state index in [1.165, 1.54) is 17.7 Å². The Morgan fingerprint density at radius 1 is 1.20 bits per heavy atom. The van der Waals surface area contributed by atoms with Crippen LogP contribution in [0.3, 0.4) is 0 Å². The molecule has 0 aliphatic rings. The summed E-state index contributed by atoms with van der Waals surface area (Å²) < 4.78 is 13.5. The summed E-state index contributed by atoms with van der Waals surface area (Å²) in [6, 6.07) is 12.3. The normalized spacial score (nSPS) is 10.3. The van der Waals surface area contributed by atoms with E-state index >= 15 is 0 Å². The lowest BCUT2D eigenvalue weighted by Gasteiger charge is -2.07. The van der Waals surface area contributed by atoms with Crippen LogP contribution < -0.4 is 5.32 Å². The number of rotatable bonds is 4. The number of amides is 1. The van der Waals surface area contributed by atoms with Gasteiger partial charge in [0.2, 0.25) is 5.91 Å². The summed E-state index contributed by atoms with van der Waals surface area (Å²) in [7, 11) is 0. The molecule has 104 valence electrons. The third-order valence-corrected chi connectivity index (χ3v) is 3.62. The first-order valence-corrected chi connectivity index (χ1v) is 7.14. The second-order valence-corrected chi connectivity index (χ2v) is 5.51. The quantitative estimate of drug-likeness (QED) is 0.877. The van der Waals surface area contributed by atoms with Gasteiger partial charge in [-0.2, -0.15) is 0 Å². The summed E-state index contributed by atoms with van der Waals surface area (Å²) in [5.41, 5.74) is 2.91. The predicted octanol–water partition coefficient (Wildman–Crippen LogP) is 4.47. The highest BCUT2D eigenvalue weighted by Crippen LogP contribution is 2.23. The minimum Gasteiger partial charge on any atom is -0.325 e. The van der Waals surface area contributed by atoms with E-state index in [0.717, 1.165) is 5.56 Å². The molecular weight excluding hydrogens is 321 g/mol. The monoisotopic (exact) mass is 335 g/mol. The highest BCUT2D eigenvalue weighted by atomic mass is 79.9. The maximum Gasteiger partial charge on any atom is 0.224 e. The number of aryl methyl sites for hydroxylation is 2. The van der Waals surface area contributed by atoms with Crippen LogP contribution in [0.1, 0.15) is 17.5 Å². The summed E-state index contributed by atoms with van der Waals surface area (Å²) in [6.45, 7) is 2.03. The van der Waals surface area contributed by atoms with Crippen LogP contribution in [0.25, 0.3) is 0 Å². The summed E-state index contributed by atoms with van der Waals surface area (Å²) in [6.07, 6.45) is 1.08. The first-order valence-electron chi connectivity index (χ1n) is 6.35. The van der Waals surface area contributed by atoms with Crippen LogP contribution >= 0.6 is 15.9 Å². The van der Waals surface area contributed by atoms with Crippen molar-refractivity contribution in [2.45, 2.75) is 19.8 Å². The fraction of sp³-hybridized carbons (Fsp3) is 0.188. The van der Waals surface area contributed by atoms with E-state index < -0.39 is 0 Å². The number of anilines is 1. The topological polar surface area (TPSA) is 29.1 Å². The molecule has 0 spiro atoms. The van der Waals surface area contributed by atoms with Crippen LogP contribution in [0, 0.1) is 12.7 Å². The highest BCUT2D eigenvalue weighted by molar-refractivity contribution is 9.10. The molecular formula is C16H15BrFNO. The van der Waals surface area contributed by atoms with Gasteiger partial charge in [-0.25, -0.2) is 4.39 Å². The van der Waals surface area contributed by atoms with E-state index in [2.05, 4.69) is 21.2 Å². The molecule has 0 saturated heterocycles. The van der Waals surface area contributed by atoms with Crippen molar-refractivity contribution in [3.63, 3.8) is 0 Å². The Morgan fingerprint density at radius 2 is 1.90 bits per heavy atom. The van der Waals surface area contributed by atoms with E-state index in [1.54, 1.807) is 6.07 Å². The Hall–Kier alpha value is -1.68. The van der Waals surface area contributed by atoms with Crippen LogP contribution in [0.15, 0.2) is 46.9 Å². The number of halogens is 2. The van der Waals surface area contributed by atoms with Gasteiger partial charge < -0.3 is 5.32 Å². The fourth-order valence-corrected chi connectivity index (χ4v) is 2.27. The second-order valence-electron chi connectivity index (χ2n) is 4.66. The molecule has 2 nitrogen and oxygen atoms in total. The molecule has 0 aromatic heterocycles. The third-order valence-electron chi connectivity index (χ3n) is 2.97. The Kier molecular flexibility index (Phi) is 4.90. The molecule has 20 heavy (non-hydrogen) atoms. The summed E-state index contributed by atoms with van der Waals surface area (Å²) in [5.74, 6) is -0.424. The van der Waals surface area contributed by atoms with Gasteiger partial charge >= 0.3 is 0 Å². The van der Waals surface area contributed by atoms with Crippen LogP contribution in [0.4, 0.5) is 10.1 Å². The van der Waals surface area contributed by atoms with Gasteiger partial charge in [0.25, 0.3) is 0 Å². The molecule has 2 aromatic rings. The van der Waals surface area contributed by atoms with E-state index in [4.69, 9.17) is 0 Å². The van der Waals surface area contributed by atoms with Gasteiger partial charge in [-0.3, -0.25) is 4.79 Å². The molecule has 0 fully saturated rings. The highest BCUT2D eigenvalue weighted by Gasteiger charge is 2.06. The van der Waals surface area contributed by atoms with Crippen LogP contribution in [-0.2, 0) is 11.2 Å². The van der Waals surface area contributed by atoms with Gasteiger partial charge in [0.05, 0.1) is 5.69 Å². The van der Waals surface area contributed by atoms with Crippen molar-refractivity contribution in [3.8, 4) is 0 Å². The van der Waals surface area contributed by atoms with Gasteiger partial charge in [-0.15, -0.1) is 0 Å². The largest absolute Gasteiger partial charge is 0.325 e. The molecule has 0 aliphatic carbocycles. The van der Waals surface area contributed by atoms with Gasteiger partial charge in [0.1, 0.15) is 5.82 Å². The molecule has 0 heterocycles. The zero-order chi connectivity index (χ0) is 14.5. The van der Waals surface area contributed by atoms with Gasteiger partial charge in [0.15, 0.2) is 0 Å². The lowest BCUT2D eigenvalue weighted by atomic mass is 10.1. The summed E-state index contributed by atoms with van der Waals surface area (Å²) >= 11 is 3.22. The summed E-state index contributed by atoms with van der Waals surface area (Å²) in [5, 5.41) is 2.77. The molecule has 4 heteroatoms. The minimum atomic E-state index is -0.338. The molecule has 0 saturated carbocycles. The average molecular weight is 336 g/mol. The Labute approximate surface area is 126 Å². The van der Waals surface area contributed by atoms with E-state index in [9.17, 15) is 9.18 Å². The standard InChI is InChI=1S/C16H15BrFNO/c1-11-2-4-12(5-3-11)6-9-16(20)19-15-8-7-13(18)10-14(15)17/h2-5,7-8,10H,6,9H2,1H3,(H,19,20). The molecule has 0 aliphatic heterocycles. The molecule has 1 N–H and O–H groups in total. The van der Waals surface area contributed by atoms with Gasteiger partial charge in [-0.1, -0.05) is 29.8 Å². The summed E-state index contributed by atoms with van der Waals surface area (Å²) in [4.78, 5) is 11.9. The van der Waals surface area contributed by atoms with Crippen LogP contribution in [0.5, 0.6) is 0 Å². The van der Waals surface area contributed by atoms with Crippen molar-refractivity contribution < 1.29 is 9.18 Å². The van der Waals surface area contributed by atoms with Crippen molar-refractivity contribution in [2.75, 3.05) is 5.32 Å². The molecule has 0 bridgehead atoms. The Morgan fingerprint density at radius 3 is 2.55 bits per heavy atom. The number of benzene rings is 2. The SMILES string of the molecule is Cc1ccc(CCC(=O)Nc2ccc(F)cc2Br)cc1. The van der Waals surface area contributed by atoms with Gasteiger partial charge in [0, 0.05) is 10.9 Å². The third kappa shape index (κ3) is 4.17. The zero-order valence-corrected chi connectivity index (χ0v) is 12.7. The average Bonchev–Trinajstić information content (AvgIpc) is 2.41. The molecule has 0 atom stereocenters. The first kappa shape index (κ1) is 14.7. The van der Waals surface area contributed by atoms with E-state index in [-0.39, 0.29) is 11.7 Å². The zero-order valence-electron chi connectivity index (χ0n) is 11.1. The minimum absolute atomic E-state index is 0.0853. The lowest BCUT2D eigenvalue weighted by Crippen LogP contribution is -2.12. The smallest absolute Gasteiger partial charge is 0.224 e. The van der Waals surface area contributed by atoms with Crippen LogP contribution in [-0.4, -0.2) is 5.91 Å². The van der Waals surface area contributed by atoms with Crippen molar-refractivity contribution in [2.24, 2.45) is 0 Å². The molecule has 0 radical (unpaired) electrons. The number of nitrogens with one attached hydrogen (secondary N) is 1. The van der Waals surface area contributed by atoms with E-state index in [1.807, 2.05) is 31.2 Å². The Balaban J connectivity index is 1.90. The predicted molar refractivity (Wildman–Crippen MR) is 82.2 cm³/mol. The molecule has 1 amide bonds. The van der Waals surface area contributed by atoms with E-state index in [0.29, 0.717) is 23.0 Å². The van der Waals surface area contributed by atoms with Crippen molar-refractivity contribution in [3.05, 3.63) is 63.9 Å². The maximum atomic E-state index is 12.9. The van der Waals surface area contributed by atoms with Crippen LogP contribution in [0.2, 0.25) is 0 Å². The number of hydrogen-bond acceptors (Lipinski definition) is 1. The second kappa shape index (κ2) is 6.66. The number of carbonyl (C=O) groups is 1. The molecule has 2 rings (SSSR count).